The lowest BCUT2D eigenvalue weighted by atomic mass is 10.1. The fourth-order valence-electron chi connectivity index (χ4n) is 2.36. The number of nitrogens with zero attached hydrogens (tertiary/aromatic N) is 3. The number of benzene rings is 1. The number of pyridine rings is 1. The number of nitriles is 1. The van der Waals surface area contributed by atoms with Gasteiger partial charge in [0.1, 0.15) is 11.7 Å². The Bertz CT molecular complexity index is 815. The van der Waals surface area contributed by atoms with E-state index in [9.17, 15) is 5.26 Å². The molecule has 2 N–H and O–H groups in total. The fourth-order valence-corrected chi connectivity index (χ4v) is 2.36. The molecule has 0 aliphatic rings. The van der Waals surface area contributed by atoms with Crippen LogP contribution in [0.2, 0.25) is 0 Å². The number of anilines is 1. The smallest absolute Gasteiger partial charge is 0.168 e. The highest BCUT2D eigenvalue weighted by Crippen LogP contribution is 2.16. The maximum Gasteiger partial charge on any atom is 0.168 e. The highest BCUT2D eigenvalue weighted by Gasteiger charge is 2.10. The number of nitrogens with one attached hydrogen (secondary N) is 1. The highest BCUT2D eigenvalue weighted by molar-refractivity contribution is 5.58. The van der Waals surface area contributed by atoms with E-state index in [4.69, 9.17) is 5.11 Å². The summed E-state index contributed by atoms with van der Waals surface area (Å²) >= 11 is 0. The van der Waals surface area contributed by atoms with Gasteiger partial charge in [-0.1, -0.05) is 30.3 Å². The number of aromatic nitrogens is 2. The van der Waals surface area contributed by atoms with Gasteiger partial charge in [-0.2, -0.15) is 5.26 Å². The molecule has 0 radical (unpaired) electrons. The second-order valence-electron chi connectivity index (χ2n) is 5.00. The topological polar surface area (TPSA) is 73.3 Å². The molecular weight excluding hydrogens is 276 g/mol. The summed E-state index contributed by atoms with van der Waals surface area (Å²) in [7, 11) is 0. The Morgan fingerprint density at radius 3 is 2.64 bits per heavy atom. The minimum Gasteiger partial charge on any atom is -0.392 e. The zero-order chi connectivity index (χ0) is 15.4. The van der Waals surface area contributed by atoms with Crippen molar-refractivity contribution in [1.82, 2.24) is 9.38 Å². The number of aliphatic hydroxyl groups is 1. The third-order valence-electron chi connectivity index (χ3n) is 3.55. The Hall–Kier alpha value is -2.84. The van der Waals surface area contributed by atoms with Crippen LogP contribution in [0.1, 0.15) is 16.8 Å². The molecule has 0 unspecified atom stereocenters. The number of rotatable bonds is 5. The summed E-state index contributed by atoms with van der Waals surface area (Å²) in [6.45, 7) is 0.752. The van der Waals surface area contributed by atoms with E-state index in [-0.39, 0.29) is 6.61 Å². The summed E-state index contributed by atoms with van der Waals surface area (Å²) in [6.07, 6.45) is 2.66. The van der Waals surface area contributed by atoms with Crippen molar-refractivity contribution in [1.29, 1.82) is 5.26 Å². The number of fused-ring (bicyclic) bond motifs is 1. The standard InChI is InChI=1S/C17H16N4O/c18-11-15-17(20-16-3-1-2-10-21(15)16)19-9-8-13-4-6-14(12-22)7-5-13/h1-7,10,19,22H,8-9,12H2. The molecule has 3 aromatic rings. The minimum atomic E-state index is 0.0608. The van der Waals surface area contributed by atoms with E-state index in [1.165, 1.54) is 5.56 Å². The molecule has 5 heteroatoms. The van der Waals surface area contributed by atoms with Gasteiger partial charge in [-0.25, -0.2) is 4.98 Å². The first-order valence-electron chi connectivity index (χ1n) is 7.11. The molecule has 2 aromatic heterocycles. The summed E-state index contributed by atoms with van der Waals surface area (Å²) in [5, 5.41) is 21.6. The molecule has 0 bridgehead atoms. The van der Waals surface area contributed by atoms with E-state index in [2.05, 4.69) is 16.4 Å². The van der Waals surface area contributed by atoms with Crippen LogP contribution < -0.4 is 5.32 Å². The van der Waals surface area contributed by atoms with Gasteiger partial charge in [-0.05, 0) is 29.7 Å². The van der Waals surface area contributed by atoms with E-state index in [0.29, 0.717) is 18.1 Å². The predicted octanol–water partition coefficient (Wildman–Crippen LogP) is 2.35. The van der Waals surface area contributed by atoms with Crippen LogP contribution in [0.15, 0.2) is 48.7 Å². The normalized spacial score (nSPS) is 10.5. The van der Waals surface area contributed by atoms with Gasteiger partial charge < -0.3 is 10.4 Å². The summed E-state index contributed by atoms with van der Waals surface area (Å²) in [4.78, 5) is 4.44. The Kier molecular flexibility index (Phi) is 4.03. The quantitative estimate of drug-likeness (QED) is 0.757. The molecule has 1 aromatic carbocycles. The van der Waals surface area contributed by atoms with Crippen molar-refractivity contribution >= 4 is 11.5 Å². The molecule has 0 spiro atoms. The molecule has 0 saturated heterocycles. The van der Waals surface area contributed by atoms with E-state index in [0.717, 1.165) is 17.6 Å². The van der Waals surface area contributed by atoms with Crippen molar-refractivity contribution in [2.45, 2.75) is 13.0 Å². The lowest BCUT2D eigenvalue weighted by Gasteiger charge is -2.05. The molecule has 0 aliphatic carbocycles. The van der Waals surface area contributed by atoms with Crippen LogP contribution in [-0.4, -0.2) is 21.0 Å². The fraction of sp³-hybridized carbons (Fsp3) is 0.176. The number of aliphatic hydroxyl groups excluding tert-OH is 1. The van der Waals surface area contributed by atoms with Crippen molar-refractivity contribution in [2.75, 3.05) is 11.9 Å². The van der Waals surface area contributed by atoms with Gasteiger partial charge in [0.15, 0.2) is 11.5 Å². The third kappa shape index (κ3) is 2.78. The summed E-state index contributed by atoms with van der Waals surface area (Å²) in [5.74, 6) is 0.612. The van der Waals surface area contributed by atoms with Crippen LogP contribution in [0.4, 0.5) is 5.82 Å². The second kappa shape index (κ2) is 6.29. The molecule has 110 valence electrons. The lowest BCUT2D eigenvalue weighted by molar-refractivity contribution is 0.282. The first kappa shape index (κ1) is 14.1. The first-order valence-corrected chi connectivity index (χ1v) is 7.11. The number of hydrogen-bond donors (Lipinski definition) is 2. The van der Waals surface area contributed by atoms with Gasteiger partial charge >= 0.3 is 0 Å². The molecular formula is C17H16N4O. The number of imidazole rings is 1. The molecule has 0 saturated carbocycles. The predicted molar refractivity (Wildman–Crippen MR) is 84.5 cm³/mol. The maximum absolute atomic E-state index is 9.30. The number of hydrogen-bond acceptors (Lipinski definition) is 4. The van der Waals surface area contributed by atoms with E-state index >= 15 is 0 Å². The second-order valence-corrected chi connectivity index (χ2v) is 5.00. The summed E-state index contributed by atoms with van der Waals surface area (Å²) in [6, 6.07) is 15.7. The molecule has 3 rings (SSSR count). The average Bonchev–Trinajstić information content (AvgIpc) is 2.93. The molecule has 0 fully saturated rings. The lowest BCUT2D eigenvalue weighted by Crippen LogP contribution is -2.06. The van der Waals surface area contributed by atoms with Crippen molar-refractivity contribution in [3.05, 3.63) is 65.5 Å². The van der Waals surface area contributed by atoms with Crippen molar-refractivity contribution in [3.8, 4) is 6.07 Å². The van der Waals surface area contributed by atoms with E-state index < -0.39 is 0 Å². The van der Waals surface area contributed by atoms with Gasteiger partial charge in [0, 0.05) is 12.7 Å². The minimum absolute atomic E-state index is 0.0608. The first-order chi connectivity index (χ1) is 10.8. The van der Waals surface area contributed by atoms with E-state index in [1.54, 1.807) is 4.40 Å². The molecule has 2 heterocycles. The zero-order valence-electron chi connectivity index (χ0n) is 12.0. The van der Waals surface area contributed by atoms with Gasteiger partial charge in [-0.3, -0.25) is 4.40 Å². The van der Waals surface area contributed by atoms with Crippen LogP contribution in [0.3, 0.4) is 0 Å². The molecule has 0 amide bonds. The Balaban J connectivity index is 1.70. The monoisotopic (exact) mass is 292 g/mol. The highest BCUT2D eigenvalue weighted by atomic mass is 16.3. The van der Waals surface area contributed by atoms with E-state index in [1.807, 2.05) is 48.7 Å². The van der Waals surface area contributed by atoms with Crippen LogP contribution in [0.25, 0.3) is 5.65 Å². The van der Waals surface area contributed by atoms with Gasteiger partial charge in [0.25, 0.3) is 0 Å². The molecule has 0 atom stereocenters. The Morgan fingerprint density at radius 1 is 1.14 bits per heavy atom. The van der Waals surface area contributed by atoms with Crippen molar-refractivity contribution in [2.24, 2.45) is 0 Å². The zero-order valence-corrected chi connectivity index (χ0v) is 12.0. The van der Waals surface area contributed by atoms with Crippen LogP contribution in [-0.2, 0) is 13.0 Å². The largest absolute Gasteiger partial charge is 0.392 e. The summed E-state index contributed by atoms with van der Waals surface area (Å²) < 4.78 is 1.78. The molecule has 0 aliphatic heterocycles. The summed E-state index contributed by atoms with van der Waals surface area (Å²) in [5.41, 5.74) is 3.36. The Morgan fingerprint density at radius 2 is 1.91 bits per heavy atom. The van der Waals surface area contributed by atoms with Crippen molar-refractivity contribution < 1.29 is 5.11 Å². The third-order valence-corrected chi connectivity index (χ3v) is 3.55. The van der Waals surface area contributed by atoms with Gasteiger partial charge in [0.2, 0.25) is 0 Å². The van der Waals surface area contributed by atoms with Gasteiger partial charge in [0.05, 0.1) is 6.61 Å². The Labute approximate surface area is 128 Å². The van der Waals surface area contributed by atoms with Crippen molar-refractivity contribution in [3.63, 3.8) is 0 Å². The van der Waals surface area contributed by atoms with Crippen LogP contribution >= 0.6 is 0 Å². The maximum atomic E-state index is 9.30. The molecule has 5 nitrogen and oxygen atoms in total. The molecule has 22 heavy (non-hydrogen) atoms. The van der Waals surface area contributed by atoms with Crippen LogP contribution in [0.5, 0.6) is 0 Å². The SMILES string of the molecule is N#Cc1c(NCCc2ccc(CO)cc2)nc2ccccn12. The average molecular weight is 292 g/mol. The van der Waals surface area contributed by atoms with Gasteiger partial charge in [-0.15, -0.1) is 0 Å². The van der Waals surface area contributed by atoms with Crippen LogP contribution in [0, 0.1) is 11.3 Å².